The fourth-order valence-electron chi connectivity index (χ4n) is 1.55. The van der Waals surface area contributed by atoms with E-state index in [1.807, 2.05) is 19.0 Å². The number of rotatable bonds is 7. The third-order valence-electron chi connectivity index (χ3n) is 2.76. The van der Waals surface area contributed by atoms with Crippen LogP contribution in [0.5, 0.6) is 5.75 Å². The molecular formula is C14H22N2O3. The zero-order valence-electron chi connectivity index (χ0n) is 11.8. The minimum absolute atomic E-state index is 0.134. The van der Waals surface area contributed by atoms with E-state index in [2.05, 4.69) is 5.32 Å². The van der Waals surface area contributed by atoms with Gasteiger partial charge in [0.25, 0.3) is 5.91 Å². The zero-order valence-corrected chi connectivity index (χ0v) is 11.8. The van der Waals surface area contributed by atoms with Crippen LogP contribution in [-0.4, -0.2) is 56.3 Å². The highest BCUT2D eigenvalue weighted by Crippen LogP contribution is 2.19. The van der Waals surface area contributed by atoms with Gasteiger partial charge in [0, 0.05) is 24.2 Å². The van der Waals surface area contributed by atoms with E-state index in [4.69, 9.17) is 4.74 Å². The summed E-state index contributed by atoms with van der Waals surface area (Å²) in [5, 5.41) is 12.3. The molecule has 0 atom stereocenters. The lowest BCUT2D eigenvalue weighted by molar-refractivity contribution is 0.0899. The summed E-state index contributed by atoms with van der Waals surface area (Å²) in [6.07, 6.45) is 0. The first-order valence-corrected chi connectivity index (χ1v) is 6.31. The molecule has 5 nitrogen and oxygen atoms in total. The van der Waals surface area contributed by atoms with Crippen molar-refractivity contribution in [2.45, 2.75) is 6.92 Å². The molecule has 19 heavy (non-hydrogen) atoms. The van der Waals surface area contributed by atoms with Crippen LogP contribution in [0.25, 0.3) is 0 Å². The second-order valence-corrected chi connectivity index (χ2v) is 4.62. The number of benzene rings is 1. The van der Waals surface area contributed by atoms with Crippen molar-refractivity contribution >= 4 is 5.91 Å². The molecule has 1 aromatic rings. The molecule has 0 unspecified atom stereocenters. The number of aromatic hydroxyl groups is 1. The average molecular weight is 266 g/mol. The van der Waals surface area contributed by atoms with E-state index in [1.54, 1.807) is 25.1 Å². The van der Waals surface area contributed by atoms with Gasteiger partial charge < -0.3 is 20.1 Å². The number of nitrogens with zero attached hydrogens (tertiary/aromatic N) is 1. The summed E-state index contributed by atoms with van der Waals surface area (Å²) in [7, 11) is 3.96. The van der Waals surface area contributed by atoms with E-state index in [0.717, 1.165) is 6.54 Å². The molecule has 0 radical (unpaired) electrons. The Balaban J connectivity index is 2.30. The first-order chi connectivity index (χ1) is 9.02. The van der Waals surface area contributed by atoms with Gasteiger partial charge >= 0.3 is 0 Å². The van der Waals surface area contributed by atoms with Crippen LogP contribution in [-0.2, 0) is 4.74 Å². The van der Waals surface area contributed by atoms with Crippen molar-refractivity contribution in [3.8, 4) is 5.75 Å². The number of nitrogens with one attached hydrogen (secondary N) is 1. The molecule has 0 heterocycles. The van der Waals surface area contributed by atoms with Crippen molar-refractivity contribution in [1.29, 1.82) is 0 Å². The van der Waals surface area contributed by atoms with Crippen LogP contribution in [0.1, 0.15) is 15.9 Å². The number of carbonyl (C=O) groups is 1. The predicted molar refractivity (Wildman–Crippen MR) is 74.6 cm³/mol. The Hall–Kier alpha value is -1.59. The molecule has 0 aromatic heterocycles. The molecule has 1 aromatic carbocycles. The smallest absolute Gasteiger partial charge is 0.251 e. The predicted octanol–water partition coefficient (Wildman–Crippen LogP) is 1.01. The molecule has 0 saturated heterocycles. The molecule has 0 fully saturated rings. The molecule has 1 amide bonds. The second kappa shape index (κ2) is 7.76. The first-order valence-electron chi connectivity index (χ1n) is 6.31. The topological polar surface area (TPSA) is 61.8 Å². The van der Waals surface area contributed by atoms with Crippen molar-refractivity contribution in [2.24, 2.45) is 0 Å². The van der Waals surface area contributed by atoms with Gasteiger partial charge in [-0.3, -0.25) is 4.79 Å². The average Bonchev–Trinajstić information content (AvgIpc) is 2.36. The molecule has 0 aliphatic carbocycles. The number of hydrogen-bond acceptors (Lipinski definition) is 4. The Kier molecular flexibility index (Phi) is 6.32. The Morgan fingerprint density at radius 2 is 2.11 bits per heavy atom. The molecule has 0 saturated carbocycles. The normalized spacial score (nSPS) is 10.7. The van der Waals surface area contributed by atoms with Crippen LogP contribution in [0.3, 0.4) is 0 Å². The summed E-state index contributed by atoms with van der Waals surface area (Å²) in [6.45, 7) is 4.17. The monoisotopic (exact) mass is 266 g/mol. The summed E-state index contributed by atoms with van der Waals surface area (Å²) in [4.78, 5) is 13.9. The molecule has 2 N–H and O–H groups in total. The van der Waals surface area contributed by atoms with Crippen molar-refractivity contribution in [3.63, 3.8) is 0 Å². The maximum Gasteiger partial charge on any atom is 0.251 e. The van der Waals surface area contributed by atoms with Gasteiger partial charge in [-0.05, 0) is 33.2 Å². The first kappa shape index (κ1) is 15.5. The van der Waals surface area contributed by atoms with Gasteiger partial charge in [-0.15, -0.1) is 0 Å². The Bertz CT molecular complexity index is 419. The highest BCUT2D eigenvalue weighted by Gasteiger charge is 2.10. The Labute approximate surface area is 114 Å². The van der Waals surface area contributed by atoms with Crippen LogP contribution in [0.2, 0.25) is 0 Å². The minimum atomic E-state index is -0.190. The van der Waals surface area contributed by atoms with E-state index in [-0.39, 0.29) is 11.7 Å². The van der Waals surface area contributed by atoms with Gasteiger partial charge in [-0.25, -0.2) is 0 Å². The van der Waals surface area contributed by atoms with Crippen LogP contribution < -0.4 is 5.32 Å². The quantitative estimate of drug-likeness (QED) is 0.723. The number of likely N-dealkylation sites (N-methyl/N-ethyl adjacent to an activating group) is 1. The number of amides is 1. The molecule has 106 valence electrons. The van der Waals surface area contributed by atoms with Gasteiger partial charge in [0.15, 0.2) is 0 Å². The number of phenolic OH excluding ortho intramolecular Hbond substituents is 1. The zero-order chi connectivity index (χ0) is 14.3. The van der Waals surface area contributed by atoms with E-state index in [0.29, 0.717) is 30.9 Å². The Morgan fingerprint density at radius 1 is 1.37 bits per heavy atom. The summed E-state index contributed by atoms with van der Waals surface area (Å²) in [5.41, 5.74) is 1.09. The van der Waals surface area contributed by atoms with Gasteiger partial charge in [-0.1, -0.05) is 6.07 Å². The fourth-order valence-corrected chi connectivity index (χ4v) is 1.55. The van der Waals surface area contributed by atoms with Gasteiger partial charge in [0.1, 0.15) is 5.75 Å². The van der Waals surface area contributed by atoms with Crippen molar-refractivity contribution in [1.82, 2.24) is 10.2 Å². The number of hydrogen-bond donors (Lipinski definition) is 2. The lowest BCUT2D eigenvalue weighted by atomic mass is 10.1. The SMILES string of the molecule is Cc1c(O)cccc1C(=O)NCCOCCN(C)C. The molecule has 1 rings (SSSR count). The van der Waals surface area contributed by atoms with Crippen LogP contribution in [0.4, 0.5) is 0 Å². The van der Waals surface area contributed by atoms with Crippen molar-refractivity contribution < 1.29 is 14.6 Å². The summed E-state index contributed by atoms with van der Waals surface area (Å²) in [6, 6.07) is 4.92. The highest BCUT2D eigenvalue weighted by molar-refractivity contribution is 5.96. The van der Waals surface area contributed by atoms with Crippen LogP contribution in [0, 0.1) is 6.92 Å². The molecule has 0 bridgehead atoms. The molecule has 0 aliphatic rings. The maximum atomic E-state index is 11.9. The van der Waals surface area contributed by atoms with Gasteiger partial charge in [0.2, 0.25) is 0 Å². The lowest BCUT2D eigenvalue weighted by Gasteiger charge is -2.11. The van der Waals surface area contributed by atoms with Crippen molar-refractivity contribution in [2.75, 3.05) is 40.4 Å². The second-order valence-electron chi connectivity index (χ2n) is 4.62. The summed E-state index contributed by atoms with van der Waals surface area (Å²) >= 11 is 0. The number of carbonyl (C=O) groups excluding carboxylic acids is 1. The molecular weight excluding hydrogens is 244 g/mol. The molecule has 0 aliphatic heterocycles. The largest absolute Gasteiger partial charge is 0.508 e. The molecule has 5 heteroatoms. The van der Waals surface area contributed by atoms with E-state index in [9.17, 15) is 9.90 Å². The van der Waals surface area contributed by atoms with Gasteiger partial charge in [-0.2, -0.15) is 0 Å². The number of ether oxygens (including phenoxy) is 1. The van der Waals surface area contributed by atoms with Crippen LogP contribution in [0.15, 0.2) is 18.2 Å². The highest BCUT2D eigenvalue weighted by atomic mass is 16.5. The van der Waals surface area contributed by atoms with Gasteiger partial charge in [0.05, 0.1) is 13.2 Å². The third-order valence-corrected chi connectivity index (χ3v) is 2.76. The van der Waals surface area contributed by atoms with Crippen molar-refractivity contribution in [3.05, 3.63) is 29.3 Å². The summed E-state index contributed by atoms with van der Waals surface area (Å²) in [5.74, 6) is -0.0560. The van der Waals surface area contributed by atoms with Crippen LogP contribution >= 0.6 is 0 Å². The Morgan fingerprint density at radius 3 is 2.79 bits per heavy atom. The number of phenols is 1. The minimum Gasteiger partial charge on any atom is -0.508 e. The fraction of sp³-hybridized carbons (Fsp3) is 0.500. The maximum absolute atomic E-state index is 11.9. The van der Waals surface area contributed by atoms with E-state index >= 15 is 0 Å². The summed E-state index contributed by atoms with van der Waals surface area (Å²) < 4.78 is 5.38. The van der Waals surface area contributed by atoms with E-state index in [1.165, 1.54) is 0 Å². The molecule has 0 spiro atoms. The van der Waals surface area contributed by atoms with E-state index < -0.39 is 0 Å². The lowest BCUT2D eigenvalue weighted by Crippen LogP contribution is -2.28. The standard InChI is InChI=1S/C14H22N2O3/c1-11-12(5-4-6-13(11)17)14(18)15-7-9-19-10-8-16(2)3/h4-6,17H,7-10H2,1-3H3,(H,15,18). The third kappa shape index (κ3) is 5.28.